The Morgan fingerprint density at radius 3 is 2.41 bits per heavy atom. The van der Waals surface area contributed by atoms with Crippen LogP contribution in [0.1, 0.15) is 26.3 Å². The van der Waals surface area contributed by atoms with E-state index in [-0.39, 0.29) is 57.9 Å². The highest BCUT2D eigenvalue weighted by molar-refractivity contribution is 7.71. The molecule has 2 aromatic carbocycles. The summed E-state index contributed by atoms with van der Waals surface area (Å²) in [6, 6.07) is 14.5. The number of nitrogens with one attached hydrogen (secondary N) is 1. The predicted octanol–water partition coefficient (Wildman–Crippen LogP) is 0.959. The number of carbonyl (C=O) groups is 2. The molecule has 18 heteroatoms. The number of rotatable bonds is 11. The molecule has 0 saturated heterocycles. The number of aliphatic hydroxyl groups is 2. The van der Waals surface area contributed by atoms with Gasteiger partial charge in [0.15, 0.2) is 32.0 Å². The van der Waals surface area contributed by atoms with Crippen molar-refractivity contribution in [2.24, 2.45) is 0 Å². The zero-order valence-corrected chi connectivity index (χ0v) is 26.8. The van der Waals surface area contributed by atoms with Gasteiger partial charge >= 0.3 is 13.6 Å². The summed E-state index contributed by atoms with van der Waals surface area (Å²) >= 11 is 0. The summed E-state index contributed by atoms with van der Waals surface area (Å²) in [5, 5.41) is 40.0. The van der Waals surface area contributed by atoms with Crippen LogP contribution in [-0.4, -0.2) is 64.7 Å². The van der Waals surface area contributed by atoms with E-state index in [2.05, 4.69) is 5.32 Å². The molecule has 256 valence electrons. The van der Waals surface area contributed by atoms with E-state index >= 15 is 0 Å². The minimum atomic E-state index is -5.95. The molecule has 0 radical (unpaired) electrons. The van der Waals surface area contributed by atoms with Crippen molar-refractivity contribution in [2.45, 2.75) is 24.2 Å². The summed E-state index contributed by atoms with van der Waals surface area (Å²) in [5.74, 6) is -2.04. The lowest BCUT2D eigenvalue weighted by atomic mass is 9.89. The zero-order chi connectivity index (χ0) is 35.9. The van der Waals surface area contributed by atoms with Crippen LogP contribution in [0.3, 0.4) is 0 Å². The molecule has 1 aliphatic carbocycles. The third kappa shape index (κ3) is 7.32. The zero-order valence-electron chi connectivity index (χ0n) is 25.0. The molecule has 0 fully saturated rings. The first-order valence-corrected chi connectivity index (χ1v) is 17.4. The van der Waals surface area contributed by atoms with Crippen LogP contribution in [0.4, 0.5) is 0 Å². The van der Waals surface area contributed by atoms with Gasteiger partial charge < -0.3 is 54.3 Å². The summed E-state index contributed by atoms with van der Waals surface area (Å²) < 4.78 is 30.4. The highest BCUT2D eigenvalue weighted by Gasteiger charge is 2.53. The van der Waals surface area contributed by atoms with Crippen molar-refractivity contribution in [1.29, 1.82) is 0 Å². The van der Waals surface area contributed by atoms with Crippen LogP contribution in [-0.2, 0) is 22.1 Å². The number of pyridine rings is 1. The number of nitrogens with zero attached hydrogens (tertiary/aromatic N) is 1. The van der Waals surface area contributed by atoms with Gasteiger partial charge in [-0.25, -0.2) is 9.36 Å². The lowest BCUT2D eigenvalue weighted by Crippen LogP contribution is -2.45. The molecule has 2 heterocycles. The number of aliphatic hydroxyl groups excluding tert-OH is 1. The maximum Gasteiger partial charge on any atom is 0.365 e. The number of hydrogen-bond donors (Lipinski definition) is 8. The summed E-state index contributed by atoms with van der Waals surface area (Å²) in [4.78, 5) is 77.3. The molecule has 3 unspecified atom stereocenters. The first-order valence-electron chi connectivity index (χ1n) is 14.2. The van der Waals surface area contributed by atoms with Crippen LogP contribution >= 0.6 is 15.2 Å². The van der Waals surface area contributed by atoms with E-state index in [0.29, 0.717) is 16.5 Å². The number of hydrogen-bond acceptors (Lipinski definition) is 10. The fourth-order valence-electron chi connectivity index (χ4n) is 5.28. The van der Waals surface area contributed by atoms with Crippen molar-refractivity contribution >= 4 is 38.0 Å². The van der Waals surface area contributed by atoms with Crippen molar-refractivity contribution in [3.8, 4) is 28.2 Å². The number of carbonyl (C=O) groups excluding carboxylic acids is 1. The molecule has 3 atom stereocenters. The van der Waals surface area contributed by atoms with Crippen LogP contribution in [0.5, 0.6) is 5.75 Å². The standard InChI is InChI=1S/C31H28N2O14P2/c34-19-4-7-23-26(11-19)47-27-12-20(35)5-8-24(27)28(23)25-10-18(3-6-22(25)30(38)39)29(37)32-14-21(36)16-33-9-1-2-17(15-33)13-31(40,48(41,42)43)49(44,45)46/h1-12,15,21,36,40H,13-14,16H2,(H6-,32,34,35,37,38,39,41,42,43,44,45,46). The Balaban J connectivity index is 1.40. The van der Waals surface area contributed by atoms with Crippen molar-refractivity contribution in [2.75, 3.05) is 6.54 Å². The van der Waals surface area contributed by atoms with E-state index in [1.165, 1.54) is 83.7 Å². The van der Waals surface area contributed by atoms with Gasteiger partial charge in [-0.1, -0.05) is 0 Å². The van der Waals surface area contributed by atoms with E-state index in [4.69, 9.17) is 4.42 Å². The number of aromatic carboxylic acids is 1. The van der Waals surface area contributed by atoms with Gasteiger partial charge in [0, 0.05) is 52.3 Å². The van der Waals surface area contributed by atoms with E-state index < -0.39 is 44.7 Å². The second-order valence-corrected chi connectivity index (χ2v) is 15.1. The normalized spacial score (nSPS) is 15.0. The Morgan fingerprint density at radius 2 is 1.73 bits per heavy atom. The lowest BCUT2D eigenvalue weighted by molar-refractivity contribution is -0.703. The Hall–Kier alpha value is -4.76. The topological polar surface area (TPSA) is 279 Å². The molecular weight excluding hydrogens is 686 g/mol. The molecule has 1 amide bonds. The van der Waals surface area contributed by atoms with Gasteiger partial charge in [-0.15, -0.1) is 0 Å². The van der Waals surface area contributed by atoms with Gasteiger partial charge in [0.05, 0.1) is 12.1 Å². The number of carboxylic acids is 1. The van der Waals surface area contributed by atoms with Crippen LogP contribution in [0.15, 0.2) is 88.3 Å². The quantitative estimate of drug-likeness (QED) is 0.0538. The summed E-state index contributed by atoms with van der Waals surface area (Å²) in [6.07, 6.45) is 0.141. The minimum absolute atomic E-state index is 0.00549. The molecule has 49 heavy (non-hydrogen) atoms. The van der Waals surface area contributed by atoms with Gasteiger partial charge in [0.2, 0.25) is 5.08 Å². The summed E-state index contributed by atoms with van der Waals surface area (Å²) in [6.45, 7) is -0.563. The molecule has 0 spiro atoms. The minimum Gasteiger partial charge on any atom is -0.776 e. The summed E-state index contributed by atoms with van der Waals surface area (Å²) in [5.41, 5.74) is 0.266. The number of carboxylic acid groups (broad SMARTS) is 1. The second kappa shape index (κ2) is 13.3. The fourth-order valence-corrected chi connectivity index (χ4v) is 7.37. The van der Waals surface area contributed by atoms with Gasteiger partial charge in [0.25, 0.3) is 5.91 Å². The first kappa shape index (κ1) is 35.5. The van der Waals surface area contributed by atoms with Crippen molar-refractivity contribution in [3.63, 3.8) is 0 Å². The van der Waals surface area contributed by atoms with Crippen molar-refractivity contribution in [1.82, 2.24) is 5.32 Å². The highest BCUT2D eigenvalue weighted by Crippen LogP contribution is 2.66. The van der Waals surface area contributed by atoms with E-state index in [9.17, 15) is 63.5 Å². The SMILES string of the molecule is O=C(NCC(O)C[n+]1cccc(CC(O)(P(=O)([O-])O)P(=O)(O)O)c1)c1ccc(C(=O)O)c(-c2c3ccc(=O)cc-3oc3cc(O)ccc23)c1. The molecule has 3 aromatic rings. The van der Waals surface area contributed by atoms with Crippen LogP contribution in [0.2, 0.25) is 0 Å². The number of fused-ring (bicyclic) bond motifs is 2. The maximum absolute atomic E-state index is 13.2. The van der Waals surface area contributed by atoms with Crippen molar-refractivity contribution < 1.29 is 67.7 Å². The maximum atomic E-state index is 13.2. The van der Waals surface area contributed by atoms with E-state index in [0.717, 1.165) is 0 Å². The summed E-state index contributed by atoms with van der Waals surface area (Å²) in [7, 11) is -11.7. The number of amides is 1. The first-order chi connectivity index (χ1) is 22.9. The smallest absolute Gasteiger partial charge is 0.365 e. The monoisotopic (exact) mass is 714 g/mol. The van der Waals surface area contributed by atoms with Crippen LogP contribution in [0.25, 0.3) is 33.4 Å². The van der Waals surface area contributed by atoms with E-state index in [1.807, 2.05) is 0 Å². The second-order valence-electron chi connectivity index (χ2n) is 11.2. The molecule has 8 N–H and O–H groups in total. The highest BCUT2D eigenvalue weighted by atomic mass is 31.2. The fraction of sp³-hybridized carbons (Fsp3) is 0.161. The third-order valence-electron chi connectivity index (χ3n) is 7.66. The molecule has 5 rings (SSSR count). The molecule has 1 aliphatic heterocycles. The predicted molar refractivity (Wildman–Crippen MR) is 169 cm³/mol. The number of aromatic hydroxyl groups is 1. The Bertz CT molecular complexity index is 2200. The molecule has 1 aromatic heterocycles. The van der Waals surface area contributed by atoms with Crippen molar-refractivity contribution in [3.05, 3.63) is 106 Å². The Labute approximate surface area is 275 Å². The lowest BCUT2D eigenvalue weighted by Gasteiger charge is -2.36. The third-order valence-corrected chi connectivity index (χ3v) is 11.4. The number of phenolic OH excluding ortho intramolecular Hbond substituents is 1. The number of phenols is 1. The molecular formula is C31H28N2O14P2. The number of aromatic nitrogens is 1. The Kier molecular flexibility index (Phi) is 9.63. The molecule has 0 bridgehead atoms. The Morgan fingerprint density at radius 1 is 1.00 bits per heavy atom. The van der Waals surface area contributed by atoms with Gasteiger partial charge in [0.1, 0.15) is 23.2 Å². The van der Waals surface area contributed by atoms with E-state index in [1.54, 1.807) is 0 Å². The largest absolute Gasteiger partial charge is 0.776 e. The molecule has 16 nitrogen and oxygen atoms in total. The van der Waals surface area contributed by atoms with Gasteiger partial charge in [-0.3, -0.25) is 14.2 Å². The molecule has 2 aliphatic rings. The average molecular weight is 715 g/mol. The van der Waals surface area contributed by atoms with Crippen LogP contribution in [0, 0.1) is 0 Å². The number of benzene rings is 3. The van der Waals surface area contributed by atoms with Gasteiger partial charge in [-0.2, -0.15) is 0 Å². The molecule has 0 saturated carbocycles. The van der Waals surface area contributed by atoms with Crippen LogP contribution < -0.4 is 20.2 Å². The van der Waals surface area contributed by atoms with Gasteiger partial charge in [-0.05, 0) is 54.1 Å². The average Bonchev–Trinajstić information content (AvgIpc) is 3.01.